The standard InChI is InChI=1S/C11H8BrF5O/c1-5(18)9(12)6-3-2-4-7(10(13)14)8(6)11(15,16)17/h2-4,9-10H,1H3. The number of hydrogen-bond donors (Lipinski definition) is 0. The van der Waals surface area contributed by atoms with Gasteiger partial charge in [0.05, 0.1) is 10.4 Å². The maximum atomic E-state index is 12.8. The molecule has 0 aromatic heterocycles. The Morgan fingerprint density at radius 3 is 2.11 bits per heavy atom. The van der Waals surface area contributed by atoms with E-state index in [9.17, 15) is 26.7 Å². The van der Waals surface area contributed by atoms with Crippen LogP contribution in [0.4, 0.5) is 22.0 Å². The molecule has 1 aromatic carbocycles. The second-order valence-electron chi connectivity index (χ2n) is 3.58. The number of carbonyl (C=O) groups is 1. The predicted molar refractivity (Wildman–Crippen MR) is 58.8 cm³/mol. The minimum absolute atomic E-state index is 0.493. The molecule has 100 valence electrons. The summed E-state index contributed by atoms with van der Waals surface area (Å²) in [4.78, 5) is 9.85. The van der Waals surface area contributed by atoms with E-state index in [1.165, 1.54) is 0 Å². The van der Waals surface area contributed by atoms with E-state index in [1.54, 1.807) is 0 Å². The zero-order valence-electron chi connectivity index (χ0n) is 9.06. The Balaban J connectivity index is 3.52. The SMILES string of the molecule is CC(=O)C(Br)c1cccc(C(F)F)c1C(F)(F)F. The molecule has 0 spiro atoms. The van der Waals surface area contributed by atoms with Gasteiger partial charge < -0.3 is 0 Å². The number of carbonyl (C=O) groups excluding carboxylic acids is 1. The Labute approximate surface area is 108 Å². The summed E-state index contributed by atoms with van der Waals surface area (Å²) in [5.74, 6) is -0.591. The molecule has 0 aliphatic carbocycles. The van der Waals surface area contributed by atoms with Crippen molar-refractivity contribution in [1.29, 1.82) is 0 Å². The molecule has 18 heavy (non-hydrogen) atoms. The highest BCUT2D eigenvalue weighted by Crippen LogP contribution is 2.42. The van der Waals surface area contributed by atoms with Gasteiger partial charge in [0.25, 0.3) is 6.43 Å². The molecular weight excluding hydrogens is 323 g/mol. The smallest absolute Gasteiger partial charge is 0.298 e. The van der Waals surface area contributed by atoms with Crippen molar-refractivity contribution >= 4 is 21.7 Å². The lowest BCUT2D eigenvalue weighted by Crippen LogP contribution is -2.16. The second-order valence-corrected chi connectivity index (χ2v) is 4.50. The number of Topliss-reactive ketones (excluding diaryl/α,β-unsaturated/α-hetero) is 1. The minimum atomic E-state index is -4.94. The Morgan fingerprint density at radius 2 is 1.72 bits per heavy atom. The molecule has 0 fully saturated rings. The fourth-order valence-corrected chi connectivity index (χ4v) is 1.91. The van der Waals surface area contributed by atoms with Gasteiger partial charge in [-0.05, 0) is 12.5 Å². The van der Waals surface area contributed by atoms with Crippen molar-refractivity contribution in [2.45, 2.75) is 24.4 Å². The molecule has 1 aromatic rings. The van der Waals surface area contributed by atoms with Crippen LogP contribution in [-0.4, -0.2) is 5.78 Å². The molecule has 0 aliphatic heterocycles. The average Bonchev–Trinajstić information content (AvgIpc) is 2.25. The minimum Gasteiger partial charge on any atom is -0.298 e. The van der Waals surface area contributed by atoms with Gasteiger partial charge in [-0.2, -0.15) is 13.2 Å². The first-order chi connectivity index (χ1) is 8.16. The van der Waals surface area contributed by atoms with Crippen molar-refractivity contribution in [3.8, 4) is 0 Å². The van der Waals surface area contributed by atoms with Gasteiger partial charge in [-0.1, -0.05) is 34.1 Å². The van der Waals surface area contributed by atoms with Crippen LogP contribution in [0.2, 0.25) is 0 Å². The van der Waals surface area contributed by atoms with E-state index >= 15 is 0 Å². The highest BCUT2D eigenvalue weighted by atomic mass is 79.9. The quantitative estimate of drug-likeness (QED) is 0.581. The van der Waals surface area contributed by atoms with E-state index in [1.807, 2.05) is 0 Å². The van der Waals surface area contributed by atoms with Crippen LogP contribution in [0, 0.1) is 0 Å². The van der Waals surface area contributed by atoms with Gasteiger partial charge in [-0.25, -0.2) is 8.78 Å². The maximum Gasteiger partial charge on any atom is 0.417 e. The van der Waals surface area contributed by atoms with Crippen molar-refractivity contribution < 1.29 is 26.7 Å². The van der Waals surface area contributed by atoms with Crippen LogP contribution >= 0.6 is 15.9 Å². The van der Waals surface area contributed by atoms with E-state index < -0.39 is 39.9 Å². The Kier molecular flexibility index (Phi) is 4.47. The summed E-state index contributed by atoms with van der Waals surface area (Å²) in [6.07, 6.45) is -8.20. The summed E-state index contributed by atoms with van der Waals surface area (Å²) < 4.78 is 63.7. The summed E-state index contributed by atoms with van der Waals surface area (Å²) in [6.45, 7) is 1.08. The maximum absolute atomic E-state index is 12.8. The lowest BCUT2D eigenvalue weighted by atomic mass is 9.97. The monoisotopic (exact) mass is 330 g/mol. The lowest BCUT2D eigenvalue weighted by Gasteiger charge is -2.19. The topological polar surface area (TPSA) is 17.1 Å². The molecular formula is C11H8BrF5O. The van der Waals surface area contributed by atoms with Crippen LogP contribution in [-0.2, 0) is 11.0 Å². The molecule has 1 unspecified atom stereocenters. The van der Waals surface area contributed by atoms with Crippen LogP contribution in [0.15, 0.2) is 18.2 Å². The number of hydrogen-bond acceptors (Lipinski definition) is 1. The van der Waals surface area contributed by atoms with E-state index in [-0.39, 0.29) is 0 Å². The Hall–Kier alpha value is -0.980. The van der Waals surface area contributed by atoms with E-state index in [0.717, 1.165) is 19.1 Å². The van der Waals surface area contributed by atoms with E-state index in [4.69, 9.17) is 0 Å². The molecule has 1 atom stereocenters. The van der Waals surface area contributed by atoms with E-state index in [2.05, 4.69) is 15.9 Å². The first-order valence-electron chi connectivity index (χ1n) is 4.79. The summed E-state index contributed by atoms with van der Waals surface area (Å²) in [7, 11) is 0. The molecule has 0 N–H and O–H groups in total. The number of alkyl halides is 6. The zero-order chi connectivity index (χ0) is 14.1. The predicted octanol–water partition coefficient (Wildman–Crippen LogP) is 4.67. The molecule has 0 aliphatic rings. The first kappa shape index (κ1) is 15.1. The van der Waals surface area contributed by atoms with Crippen LogP contribution in [0.3, 0.4) is 0 Å². The van der Waals surface area contributed by atoms with E-state index in [0.29, 0.717) is 6.07 Å². The molecule has 7 heteroatoms. The van der Waals surface area contributed by atoms with Crippen LogP contribution in [0.25, 0.3) is 0 Å². The number of benzene rings is 1. The molecule has 0 bridgehead atoms. The zero-order valence-corrected chi connectivity index (χ0v) is 10.6. The average molecular weight is 331 g/mol. The molecule has 0 saturated heterocycles. The van der Waals surface area contributed by atoms with Crippen molar-refractivity contribution in [3.63, 3.8) is 0 Å². The van der Waals surface area contributed by atoms with Gasteiger partial charge in [0.15, 0.2) is 0 Å². The molecule has 0 radical (unpaired) electrons. The number of ketones is 1. The van der Waals surface area contributed by atoms with Crippen molar-refractivity contribution in [2.75, 3.05) is 0 Å². The summed E-state index contributed by atoms with van der Waals surface area (Å²) in [5, 5.41) is 0. The molecule has 0 amide bonds. The molecule has 0 heterocycles. The second kappa shape index (κ2) is 5.34. The van der Waals surface area contributed by atoms with Crippen molar-refractivity contribution in [2.24, 2.45) is 0 Å². The largest absolute Gasteiger partial charge is 0.417 e. The summed E-state index contributed by atoms with van der Waals surface area (Å²) >= 11 is 2.78. The van der Waals surface area contributed by atoms with Gasteiger partial charge in [-0.15, -0.1) is 0 Å². The van der Waals surface area contributed by atoms with Crippen molar-refractivity contribution in [3.05, 3.63) is 34.9 Å². The summed E-state index contributed by atoms with van der Waals surface area (Å²) in [5.41, 5.74) is -3.06. The summed E-state index contributed by atoms with van der Waals surface area (Å²) in [6, 6.07) is 2.79. The Morgan fingerprint density at radius 1 is 1.22 bits per heavy atom. The third kappa shape index (κ3) is 3.07. The third-order valence-corrected chi connectivity index (χ3v) is 3.42. The first-order valence-corrected chi connectivity index (χ1v) is 5.70. The molecule has 1 rings (SSSR count). The highest BCUT2D eigenvalue weighted by Gasteiger charge is 2.39. The number of rotatable bonds is 3. The fourth-order valence-electron chi connectivity index (χ4n) is 1.53. The third-order valence-electron chi connectivity index (χ3n) is 2.28. The van der Waals surface area contributed by atoms with Gasteiger partial charge in [0, 0.05) is 5.56 Å². The van der Waals surface area contributed by atoms with Crippen LogP contribution < -0.4 is 0 Å². The van der Waals surface area contributed by atoms with Gasteiger partial charge in [0.2, 0.25) is 0 Å². The van der Waals surface area contributed by atoms with Crippen LogP contribution in [0.5, 0.6) is 0 Å². The van der Waals surface area contributed by atoms with Gasteiger partial charge >= 0.3 is 6.18 Å². The molecule has 1 nitrogen and oxygen atoms in total. The van der Waals surface area contributed by atoms with Crippen LogP contribution in [0.1, 0.15) is 34.9 Å². The normalized spacial score (nSPS) is 13.8. The Bertz CT molecular complexity index is 455. The lowest BCUT2D eigenvalue weighted by molar-refractivity contribution is -0.140. The van der Waals surface area contributed by atoms with Gasteiger partial charge in [-0.3, -0.25) is 4.79 Å². The van der Waals surface area contributed by atoms with Gasteiger partial charge in [0.1, 0.15) is 5.78 Å². The fraction of sp³-hybridized carbons (Fsp3) is 0.364. The highest BCUT2D eigenvalue weighted by molar-refractivity contribution is 9.09. The molecule has 0 saturated carbocycles. The van der Waals surface area contributed by atoms with Crippen molar-refractivity contribution in [1.82, 2.24) is 0 Å². The number of halogens is 6.